The van der Waals surface area contributed by atoms with Gasteiger partial charge in [-0.3, -0.25) is 19.3 Å². The molecule has 0 saturated heterocycles. The van der Waals surface area contributed by atoms with Crippen molar-refractivity contribution in [1.82, 2.24) is 9.36 Å². The van der Waals surface area contributed by atoms with Crippen molar-refractivity contribution in [1.29, 1.82) is 0 Å². The zero-order valence-electron chi connectivity index (χ0n) is 18.8. The van der Waals surface area contributed by atoms with Gasteiger partial charge in [-0.2, -0.15) is 0 Å². The van der Waals surface area contributed by atoms with Crippen LogP contribution in [-0.4, -0.2) is 44.5 Å². The number of aliphatic imine (C=N–C) groups is 1. The maximum absolute atomic E-state index is 12.9. The number of anilines is 1. The fraction of sp³-hybridized carbons (Fsp3) is 0.250. The number of carbonyl (C=O) groups is 2. The zero-order valence-corrected chi connectivity index (χ0v) is 20.4. The van der Waals surface area contributed by atoms with Crippen molar-refractivity contribution in [2.75, 3.05) is 24.2 Å². The fourth-order valence-electron chi connectivity index (χ4n) is 3.48. The molecule has 1 amide bonds. The Labute approximate surface area is 205 Å². The average Bonchev–Trinajstić information content (AvgIpc) is 3.45. The monoisotopic (exact) mass is 496 g/mol. The van der Waals surface area contributed by atoms with E-state index in [9.17, 15) is 14.4 Å². The molecule has 1 aliphatic rings. The lowest BCUT2D eigenvalue weighted by atomic mass is 10.1. The van der Waals surface area contributed by atoms with E-state index in [1.165, 1.54) is 4.68 Å². The first kappa shape index (κ1) is 23.9. The minimum Gasteiger partial charge on any atom is -0.452 e. The van der Waals surface area contributed by atoms with Gasteiger partial charge in [0, 0.05) is 18.6 Å². The van der Waals surface area contributed by atoms with Gasteiger partial charge in [-0.25, -0.2) is 9.48 Å². The van der Waals surface area contributed by atoms with E-state index >= 15 is 0 Å². The van der Waals surface area contributed by atoms with Crippen molar-refractivity contribution in [2.45, 2.75) is 12.7 Å². The van der Waals surface area contributed by atoms with Gasteiger partial charge in [0.2, 0.25) is 0 Å². The molecule has 0 aliphatic carbocycles. The second-order valence-corrected chi connectivity index (χ2v) is 9.81. The Kier molecular flexibility index (Phi) is 7.59. The number of aromatic nitrogens is 2. The number of hydrogen-bond acceptors (Lipinski definition) is 7. The predicted octanol–water partition coefficient (Wildman–Crippen LogP) is 3.62. The number of thioether (sulfide) groups is 2. The Balaban J connectivity index is 1.41. The zero-order chi connectivity index (χ0) is 24.1. The summed E-state index contributed by atoms with van der Waals surface area (Å²) in [6, 6.07) is 16.3. The highest BCUT2D eigenvalue weighted by atomic mass is 32.2. The lowest BCUT2D eigenvalue weighted by molar-refractivity contribution is -0.119. The SMILES string of the molecule is Cc1c(NC(=O)COC(=O)c2ccccc2CSC2=NCCS2)c(=O)n(-c2ccccc2)n1C. The number of para-hydroxylation sites is 1. The van der Waals surface area contributed by atoms with Gasteiger partial charge in [-0.15, -0.1) is 0 Å². The van der Waals surface area contributed by atoms with E-state index in [2.05, 4.69) is 10.3 Å². The minimum atomic E-state index is -0.584. The van der Waals surface area contributed by atoms with E-state index in [4.69, 9.17) is 4.74 Å². The molecule has 176 valence electrons. The predicted molar refractivity (Wildman–Crippen MR) is 137 cm³/mol. The van der Waals surface area contributed by atoms with Gasteiger partial charge in [0.15, 0.2) is 6.61 Å². The molecule has 3 aromatic rings. The number of ether oxygens (including phenoxy) is 1. The normalized spacial score (nSPS) is 12.9. The molecule has 1 aliphatic heterocycles. The molecular formula is C24H24N4O4S2. The van der Waals surface area contributed by atoms with E-state index in [0.29, 0.717) is 22.7 Å². The number of amides is 1. The summed E-state index contributed by atoms with van der Waals surface area (Å²) in [7, 11) is 1.74. The third-order valence-electron chi connectivity index (χ3n) is 5.30. The summed E-state index contributed by atoms with van der Waals surface area (Å²) in [5, 5.41) is 2.60. The van der Waals surface area contributed by atoms with E-state index in [1.54, 1.807) is 54.3 Å². The number of benzene rings is 2. The summed E-state index contributed by atoms with van der Waals surface area (Å²) in [4.78, 5) is 42.6. The average molecular weight is 497 g/mol. The Morgan fingerprint density at radius 1 is 1.15 bits per heavy atom. The highest BCUT2D eigenvalue weighted by Gasteiger charge is 2.20. The molecule has 0 atom stereocenters. The Morgan fingerprint density at radius 3 is 2.62 bits per heavy atom. The molecule has 34 heavy (non-hydrogen) atoms. The molecule has 0 bridgehead atoms. The van der Waals surface area contributed by atoms with Crippen LogP contribution in [0.15, 0.2) is 64.4 Å². The van der Waals surface area contributed by atoms with E-state index < -0.39 is 18.5 Å². The lowest BCUT2D eigenvalue weighted by Gasteiger charge is -2.09. The molecule has 4 rings (SSSR count). The van der Waals surface area contributed by atoms with Gasteiger partial charge >= 0.3 is 5.97 Å². The van der Waals surface area contributed by atoms with Crippen molar-refractivity contribution < 1.29 is 14.3 Å². The summed E-state index contributed by atoms with van der Waals surface area (Å²) in [5.41, 5.74) is 2.29. The van der Waals surface area contributed by atoms with Gasteiger partial charge < -0.3 is 10.1 Å². The van der Waals surface area contributed by atoms with Crippen LogP contribution in [0.5, 0.6) is 0 Å². The summed E-state index contributed by atoms with van der Waals surface area (Å²) in [6.07, 6.45) is 0. The Morgan fingerprint density at radius 2 is 1.88 bits per heavy atom. The first-order chi connectivity index (χ1) is 16.5. The molecule has 10 heteroatoms. The summed E-state index contributed by atoms with van der Waals surface area (Å²) >= 11 is 3.30. The highest BCUT2D eigenvalue weighted by molar-refractivity contribution is 8.38. The Hall–Kier alpha value is -3.24. The van der Waals surface area contributed by atoms with Crippen LogP contribution in [0.2, 0.25) is 0 Å². The minimum absolute atomic E-state index is 0.152. The number of hydrogen-bond donors (Lipinski definition) is 1. The van der Waals surface area contributed by atoms with Crippen molar-refractivity contribution >= 4 is 45.5 Å². The van der Waals surface area contributed by atoms with Crippen LogP contribution in [0.25, 0.3) is 5.69 Å². The molecule has 0 fully saturated rings. The van der Waals surface area contributed by atoms with E-state index in [1.807, 2.05) is 42.5 Å². The maximum atomic E-state index is 12.9. The van der Waals surface area contributed by atoms with Crippen LogP contribution in [0, 0.1) is 6.92 Å². The smallest absolute Gasteiger partial charge is 0.338 e. The number of esters is 1. The number of nitrogens with zero attached hydrogens (tertiary/aromatic N) is 3. The van der Waals surface area contributed by atoms with Crippen LogP contribution in [0.4, 0.5) is 5.69 Å². The van der Waals surface area contributed by atoms with Crippen molar-refractivity contribution in [3.05, 3.63) is 81.8 Å². The first-order valence-electron chi connectivity index (χ1n) is 10.6. The largest absolute Gasteiger partial charge is 0.452 e. The molecule has 0 saturated carbocycles. The highest BCUT2D eigenvalue weighted by Crippen LogP contribution is 2.26. The summed E-state index contributed by atoms with van der Waals surface area (Å²) in [5.74, 6) is 0.408. The van der Waals surface area contributed by atoms with Crippen molar-refractivity contribution in [2.24, 2.45) is 12.0 Å². The van der Waals surface area contributed by atoms with Crippen molar-refractivity contribution in [3.8, 4) is 5.69 Å². The number of carbonyl (C=O) groups excluding carboxylic acids is 2. The molecule has 0 radical (unpaired) electrons. The first-order valence-corrected chi connectivity index (χ1v) is 12.6. The van der Waals surface area contributed by atoms with Crippen LogP contribution in [0.1, 0.15) is 21.6 Å². The molecule has 1 aromatic heterocycles. The number of rotatable bonds is 7. The van der Waals surface area contributed by atoms with Gasteiger partial charge in [0.25, 0.3) is 11.5 Å². The molecule has 8 nitrogen and oxygen atoms in total. The molecule has 1 N–H and O–H groups in total. The van der Waals surface area contributed by atoms with Crippen LogP contribution < -0.4 is 10.9 Å². The fourth-order valence-corrected chi connectivity index (χ4v) is 5.50. The second kappa shape index (κ2) is 10.8. The van der Waals surface area contributed by atoms with Gasteiger partial charge in [-0.05, 0) is 30.7 Å². The standard InChI is InChI=1S/C24H24N4O4S2/c1-16-21(22(30)28(27(16)2)18-9-4-3-5-10-18)26-20(29)14-32-23(31)19-11-7-6-8-17(19)15-34-24-25-12-13-33-24/h3-11H,12-15H2,1-2H3,(H,26,29). The van der Waals surface area contributed by atoms with Gasteiger partial charge in [0.1, 0.15) is 10.1 Å². The quantitative estimate of drug-likeness (QED) is 0.502. The Bertz CT molecular complexity index is 1300. The molecule has 2 aromatic carbocycles. The third-order valence-corrected chi connectivity index (χ3v) is 7.60. The third kappa shape index (κ3) is 5.28. The molecular weight excluding hydrogens is 472 g/mol. The second-order valence-electron chi connectivity index (χ2n) is 7.50. The topological polar surface area (TPSA) is 94.7 Å². The van der Waals surface area contributed by atoms with Crippen LogP contribution >= 0.6 is 23.5 Å². The number of nitrogens with one attached hydrogen (secondary N) is 1. The molecule has 2 heterocycles. The van der Waals surface area contributed by atoms with Gasteiger partial charge in [0.05, 0.1) is 23.5 Å². The van der Waals surface area contributed by atoms with Crippen LogP contribution in [0.3, 0.4) is 0 Å². The summed E-state index contributed by atoms with van der Waals surface area (Å²) < 4.78 is 9.42. The molecule has 0 spiro atoms. The van der Waals surface area contributed by atoms with Crippen molar-refractivity contribution in [3.63, 3.8) is 0 Å². The lowest BCUT2D eigenvalue weighted by Crippen LogP contribution is -2.26. The van der Waals surface area contributed by atoms with Crippen LogP contribution in [-0.2, 0) is 22.3 Å². The van der Waals surface area contributed by atoms with Gasteiger partial charge in [-0.1, -0.05) is 59.9 Å². The van der Waals surface area contributed by atoms with E-state index in [-0.39, 0.29) is 11.2 Å². The summed E-state index contributed by atoms with van der Waals surface area (Å²) in [6.45, 7) is 2.06. The van der Waals surface area contributed by atoms with E-state index in [0.717, 1.165) is 22.2 Å². The molecule has 0 unspecified atom stereocenters. The maximum Gasteiger partial charge on any atom is 0.338 e.